The summed E-state index contributed by atoms with van der Waals surface area (Å²) in [5.41, 5.74) is -1.30. The molecule has 2 atom stereocenters. The summed E-state index contributed by atoms with van der Waals surface area (Å²) in [7, 11) is 0. The van der Waals surface area contributed by atoms with E-state index in [1.165, 1.54) is 0 Å². The SMILES string of the molecule is CC(C)(C)OC(=O)N[C@@]1(C(=O)OC(C)(C)C)CCO[C@@H]1c1ccc(NCCO)cc1. The molecule has 3 N–H and O–H groups in total. The van der Waals surface area contributed by atoms with Crippen LogP contribution in [0.25, 0.3) is 0 Å². The van der Waals surface area contributed by atoms with Gasteiger partial charge in [-0.3, -0.25) is 0 Å². The van der Waals surface area contributed by atoms with Gasteiger partial charge >= 0.3 is 12.1 Å². The number of hydrogen-bond donors (Lipinski definition) is 3. The topological polar surface area (TPSA) is 106 Å². The Bertz CT molecular complexity index is 735. The number of rotatable bonds is 6. The molecule has 0 saturated carbocycles. The third-order valence-corrected chi connectivity index (χ3v) is 4.37. The van der Waals surface area contributed by atoms with Crippen molar-refractivity contribution >= 4 is 17.7 Å². The van der Waals surface area contributed by atoms with Gasteiger partial charge in [-0.05, 0) is 59.2 Å². The lowest BCUT2D eigenvalue weighted by atomic mass is 9.86. The lowest BCUT2D eigenvalue weighted by Crippen LogP contribution is -2.59. The van der Waals surface area contributed by atoms with Gasteiger partial charge < -0.3 is 30.0 Å². The number of hydrogen-bond acceptors (Lipinski definition) is 7. The summed E-state index contributed by atoms with van der Waals surface area (Å²) in [6.45, 7) is 11.3. The molecule has 8 nitrogen and oxygen atoms in total. The molecule has 1 heterocycles. The average Bonchev–Trinajstić information content (AvgIpc) is 3.02. The molecule has 1 saturated heterocycles. The van der Waals surface area contributed by atoms with E-state index < -0.39 is 34.9 Å². The summed E-state index contributed by atoms with van der Waals surface area (Å²) >= 11 is 0. The molecule has 168 valence electrons. The molecule has 1 aromatic rings. The van der Waals surface area contributed by atoms with Crippen LogP contribution in [0.5, 0.6) is 0 Å². The number of esters is 1. The fourth-order valence-electron chi connectivity index (χ4n) is 3.21. The van der Waals surface area contributed by atoms with Gasteiger partial charge in [0.05, 0.1) is 13.2 Å². The highest BCUT2D eigenvalue weighted by molar-refractivity contribution is 5.87. The minimum atomic E-state index is -1.41. The second-order valence-electron chi connectivity index (χ2n) is 9.37. The molecular formula is C22H34N2O6. The lowest BCUT2D eigenvalue weighted by molar-refractivity contribution is -0.166. The minimum Gasteiger partial charge on any atom is -0.458 e. The Morgan fingerprint density at radius 1 is 1.10 bits per heavy atom. The third-order valence-electron chi connectivity index (χ3n) is 4.37. The van der Waals surface area contributed by atoms with Crippen LogP contribution in [0.4, 0.5) is 10.5 Å². The van der Waals surface area contributed by atoms with E-state index in [1.807, 2.05) is 24.3 Å². The zero-order valence-corrected chi connectivity index (χ0v) is 18.7. The number of aliphatic hydroxyl groups is 1. The first-order valence-corrected chi connectivity index (χ1v) is 10.2. The van der Waals surface area contributed by atoms with Crippen LogP contribution in [0.3, 0.4) is 0 Å². The van der Waals surface area contributed by atoms with Crippen molar-refractivity contribution in [3.8, 4) is 0 Å². The van der Waals surface area contributed by atoms with E-state index >= 15 is 0 Å². The van der Waals surface area contributed by atoms with Crippen molar-refractivity contribution < 1.29 is 28.9 Å². The molecule has 1 aromatic carbocycles. The number of benzene rings is 1. The number of amides is 1. The van der Waals surface area contributed by atoms with E-state index in [4.69, 9.17) is 19.3 Å². The highest BCUT2D eigenvalue weighted by Gasteiger charge is 2.55. The summed E-state index contributed by atoms with van der Waals surface area (Å²) in [6.07, 6.45) is -1.17. The maximum absolute atomic E-state index is 13.3. The van der Waals surface area contributed by atoms with Crippen LogP contribution in [-0.4, -0.2) is 53.7 Å². The van der Waals surface area contributed by atoms with Crippen LogP contribution < -0.4 is 10.6 Å². The van der Waals surface area contributed by atoms with Crippen LogP contribution in [0.1, 0.15) is 59.6 Å². The van der Waals surface area contributed by atoms with Gasteiger partial charge in [-0.15, -0.1) is 0 Å². The van der Waals surface area contributed by atoms with Gasteiger partial charge in [0.25, 0.3) is 0 Å². The lowest BCUT2D eigenvalue weighted by Gasteiger charge is -2.36. The maximum Gasteiger partial charge on any atom is 0.408 e. The maximum atomic E-state index is 13.3. The Morgan fingerprint density at radius 3 is 2.23 bits per heavy atom. The number of anilines is 1. The molecule has 0 unspecified atom stereocenters. The van der Waals surface area contributed by atoms with Crippen LogP contribution in [0.15, 0.2) is 24.3 Å². The predicted molar refractivity (Wildman–Crippen MR) is 113 cm³/mol. The number of aliphatic hydroxyl groups excluding tert-OH is 1. The Labute approximate surface area is 178 Å². The highest BCUT2D eigenvalue weighted by Crippen LogP contribution is 2.40. The minimum absolute atomic E-state index is 0.0229. The van der Waals surface area contributed by atoms with Crippen molar-refractivity contribution in [3.05, 3.63) is 29.8 Å². The van der Waals surface area contributed by atoms with E-state index in [1.54, 1.807) is 41.5 Å². The van der Waals surface area contributed by atoms with Gasteiger partial charge in [0.15, 0.2) is 5.54 Å². The molecule has 0 aromatic heterocycles. The number of alkyl carbamates (subject to hydrolysis) is 1. The Hall–Kier alpha value is -2.32. The van der Waals surface area contributed by atoms with Crippen LogP contribution in [0.2, 0.25) is 0 Å². The first-order valence-electron chi connectivity index (χ1n) is 10.2. The molecule has 1 amide bonds. The van der Waals surface area contributed by atoms with Gasteiger partial charge in [-0.25, -0.2) is 9.59 Å². The van der Waals surface area contributed by atoms with Crippen molar-refractivity contribution in [1.82, 2.24) is 5.32 Å². The zero-order valence-electron chi connectivity index (χ0n) is 18.7. The molecule has 0 spiro atoms. The Kier molecular flexibility index (Phi) is 7.36. The van der Waals surface area contributed by atoms with Crippen molar-refractivity contribution in [2.24, 2.45) is 0 Å². The fraction of sp³-hybridized carbons (Fsp3) is 0.636. The van der Waals surface area contributed by atoms with Crippen molar-refractivity contribution in [2.75, 3.05) is 25.1 Å². The molecule has 1 fully saturated rings. The molecule has 1 aliphatic heterocycles. The van der Waals surface area contributed by atoms with E-state index in [9.17, 15) is 9.59 Å². The van der Waals surface area contributed by atoms with E-state index in [2.05, 4.69) is 10.6 Å². The number of ether oxygens (including phenoxy) is 3. The summed E-state index contributed by atoms with van der Waals surface area (Å²) < 4.78 is 17.0. The standard InChI is InChI=1S/C22H34N2O6/c1-20(2,3)29-18(26)22(24-19(27)30-21(4,5)6)11-14-28-17(22)15-7-9-16(10-8-15)23-12-13-25/h7-10,17,23,25H,11-14H2,1-6H3,(H,24,27)/t17-,22+/m1/s1. The van der Waals surface area contributed by atoms with Gasteiger partial charge in [0.2, 0.25) is 0 Å². The smallest absolute Gasteiger partial charge is 0.408 e. The average molecular weight is 423 g/mol. The molecular weight excluding hydrogens is 388 g/mol. The Morgan fingerprint density at radius 2 is 1.70 bits per heavy atom. The van der Waals surface area contributed by atoms with Gasteiger partial charge in [-0.1, -0.05) is 12.1 Å². The largest absolute Gasteiger partial charge is 0.458 e. The van der Waals surface area contributed by atoms with Crippen LogP contribution in [0, 0.1) is 0 Å². The van der Waals surface area contributed by atoms with E-state index in [-0.39, 0.29) is 19.6 Å². The number of nitrogens with one attached hydrogen (secondary N) is 2. The monoisotopic (exact) mass is 422 g/mol. The fourth-order valence-corrected chi connectivity index (χ4v) is 3.21. The zero-order chi connectivity index (χ0) is 22.6. The first kappa shape index (κ1) is 24.0. The van der Waals surface area contributed by atoms with Gasteiger partial charge in [0.1, 0.15) is 17.3 Å². The van der Waals surface area contributed by atoms with E-state index in [0.29, 0.717) is 6.54 Å². The second-order valence-corrected chi connectivity index (χ2v) is 9.37. The van der Waals surface area contributed by atoms with Gasteiger partial charge in [-0.2, -0.15) is 0 Å². The van der Waals surface area contributed by atoms with Crippen molar-refractivity contribution in [2.45, 2.75) is 70.8 Å². The normalized spacial score (nSPS) is 21.8. The van der Waals surface area contributed by atoms with Gasteiger partial charge in [0, 0.05) is 18.7 Å². The second kappa shape index (κ2) is 9.22. The summed E-state index contributed by atoms with van der Waals surface area (Å²) in [4.78, 5) is 25.9. The number of carbonyl (C=O) groups is 2. The molecule has 0 aliphatic carbocycles. The first-order chi connectivity index (χ1) is 13.9. The summed E-state index contributed by atoms with van der Waals surface area (Å²) in [5, 5.41) is 14.8. The molecule has 30 heavy (non-hydrogen) atoms. The summed E-state index contributed by atoms with van der Waals surface area (Å²) in [6, 6.07) is 7.32. The molecule has 0 radical (unpaired) electrons. The van der Waals surface area contributed by atoms with E-state index in [0.717, 1.165) is 11.3 Å². The third kappa shape index (κ3) is 6.34. The van der Waals surface area contributed by atoms with Crippen LogP contribution >= 0.6 is 0 Å². The Balaban J connectivity index is 2.35. The molecule has 1 aliphatic rings. The molecule has 0 bridgehead atoms. The van der Waals surface area contributed by atoms with Crippen LogP contribution in [-0.2, 0) is 19.0 Å². The highest BCUT2D eigenvalue weighted by atomic mass is 16.6. The van der Waals surface area contributed by atoms with Crippen molar-refractivity contribution in [3.63, 3.8) is 0 Å². The molecule has 8 heteroatoms. The quantitative estimate of drug-likeness (QED) is 0.605. The summed E-state index contributed by atoms with van der Waals surface area (Å²) in [5.74, 6) is -0.564. The predicted octanol–water partition coefficient (Wildman–Crippen LogP) is 3.16. The van der Waals surface area contributed by atoms with Crippen molar-refractivity contribution in [1.29, 1.82) is 0 Å². The molecule has 2 rings (SSSR count). The number of carbonyl (C=O) groups excluding carboxylic acids is 2.